The van der Waals surface area contributed by atoms with Gasteiger partial charge in [-0.3, -0.25) is 14.9 Å². The van der Waals surface area contributed by atoms with Crippen LogP contribution in [0, 0.1) is 0 Å². The number of hydrogen-bond acceptors (Lipinski definition) is 6. The molecule has 8 nitrogen and oxygen atoms in total. The number of imide groups is 1. The maximum absolute atomic E-state index is 12.7. The average Bonchev–Trinajstić information content (AvgIpc) is 2.72. The summed E-state index contributed by atoms with van der Waals surface area (Å²) in [5.41, 5.74) is 0.474. The summed E-state index contributed by atoms with van der Waals surface area (Å²) in [7, 11) is 1.47. The van der Waals surface area contributed by atoms with Gasteiger partial charge in [-0.2, -0.15) is 0 Å². The molecule has 0 atom stereocenters. The summed E-state index contributed by atoms with van der Waals surface area (Å²) in [6.07, 6.45) is 0. The molecule has 0 spiro atoms. The number of halogens is 1. The molecule has 0 aromatic heterocycles. The third-order valence-electron chi connectivity index (χ3n) is 3.68. The van der Waals surface area contributed by atoms with Gasteiger partial charge >= 0.3 is 12.0 Å². The van der Waals surface area contributed by atoms with E-state index in [0.29, 0.717) is 10.6 Å². The van der Waals surface area contributed by atoms with Crippen LogP contribution in [0.4, 0.5) is 4.79 Å². The number of amides is 3. The van der Waals surface area contributed by atoms with Gasteiger partial charge in [0.25, 0.3) is 5.91 Å². The second kappa shape index (κ2) is 10.9. The topological polar surface area (TPSA) is 111 Å². The Morgan fingerprint density at radius 1 is 0.966 bits per heavy atom. The quantitative estimate of drug-likeness (QED) is 0.386. The first-order valence-electron chi connectivity index (χ1n) is 8.55. The van der Waals surface area contributed by atoms with Crippen LogP contribution in [0.1, 0.15) is 26.3 Å². The number of methoxy groups -OCH3 is 1. The van der Waals surface area contributed by atoms with E-state index in [0.717, 1.165) is 0 Å². The van der Waals surface area contributed by atoms with E-state index >= 15 is 0 Å². The number of esters is 1. The first kappa shape index (κ1) is 22.1. The number of hydrogen-bond donors (Lipinski definition) is 2. The Morgan fingerprint density at radius 3 is 2.28 bits per heavy atom. The van der Waals surface area contributed by atoms with Crippen molar-refractivity contribution < 1.29 is 28.7 Å². The fraction of sp³-hybridized carbons (Fsp3) is 0.200. The van der Waals surface area contributed by atoms with Crippen molar-refractivity contribution in [3.05, 3.63) is 70.2 Å². The summed E-state index contributed by atoms with van der Waals surface area (Å²) in [6.45, 7) is -0.176. The van der Waals surface area contributed by atoms with Crippen LogP contribution in [0.2, 0.25) is 5.02 Å². The van der Waals surface area contributed by atoms with Gasteiger partial charge in [0.05, 0.1) is 12.2 Å². The lowest BCUT2D eigenvalue weighted by atomic mass is 9.98. The molecule has 0 unspecified atom stereocenters. The molecule has 0 fully saturated rings. The molecule has 2 aromatic carbocycles. The van der Waals surface area contributed by atoms with Gasteiger partial charge in [-0.15, -0.1) is 0 Å². The number of benzene rings is 2. The lowest BCUT2D eigenvalue weighted by Gasteiger charge is -2.10. The Hall–Kier alpha value is -3.23. The smallest absolute Gasteiger partial charge is 0.339 e. The van der Waals surface area contributed by atoms with E-state index in [9.17, 15) is 19.2 Å². The number of nitrogens with one attached hydrogen (secondary N) is 2. The number of carbonyl (C=O) groups is 4. The Balaban J connectivity index is 1.99. The highest BCUT2D eigenvalue weighted by Gasteiger charge is 2.20. The summed E-state index contributed by atoms with van der Waals surface area (Å²) in [6, 6.07) is 11.6. The van der Waals surface area contributed by atoms with Crippen molar-refractivity contribution in [1.29, 1.82) is 0 Å². The van der Waals surface area contributed by atoms with Crippen LogP contribution in [0.15, 0.2) is 48.5 Å². The Bertz CT molecular complexity index is 898. The van der Waals surface area contributed by atoms with Gasteiger partial charge in [-0.25, -0.2) is 9.59 Å². The van der Waals surface area contributed by atoms with E-state index in [1.54, 1.807) is 36.4 Å². The Labute approximate surface area is 172 Å². The van der Waals surface area contributed by atoms with Gasteiger partial charge in [0.15, 0.2) is 12.4 Å². The molecule has 0 aliphatic rings. The van der Waals surface area contributed by atoms with Crippen molar-refractivity contribution in [2.45, 2.75) is 0 Å². The minimum absolute atomic E-state index is 0.00444. The maximum Gasteiger partial charge on any atom is 0.339 e. The number of ether oxygens (including phenoxy) is 2. The minimum atomic E-state index is -0.863. The molecule has 9 heteroatoms. The molecule has 2 aromatic rings. The molecule has 2 rings (SSSR count). The average molecular weight is 419 g/mol. The molecule has 0 aliphatic heterocycles. The number of carbonyl (C=O) groups excluding carboxylic acids is 4. The van der Waals surface area contributed by atoms with E-state index in [-0.39, 0.29) is 24.3 Å². The monoisotopic (exact) mass is 418 g/mol. The van der Waals surface area contributed by atoms with Crippen molar-refractivity contribution >= 4 is 35.3 Å². The lowest BCUT2D eigenvalue weighted by molar-refractivity contribution is -0.123. The van der Waals surface area contributed by atoms with Crippen LogP contribution >= 0.6 is 11.6 Å². The standard InChI is InChI=1S/C20H19ClN2O6/c1-28-11-10-22-20(27)23-17(24)12-29-19(26)16-5-3-2-4-15(16)18(25)13-6-8-14(21)9-7-13/h2-9H,10-12H2,1H3,(H2,22,23,24,27). The van der Waals surface area contributed by atoms with Crippen LogP contribution in [-0.2, 0) is 14.3 Å². The zero-order chi connectivity index (χ0) is 21.2. The molecule has 2 N–H and O–H groups in total. The lowest BCUT2D eigenvalue weighted by Crippen LogP contribution is -2.42. The zero-order valence-electron chi connectivity index (χ0n) is 15.6. The van der Waals surface area contributed by atoms with Crippen molar-refractivity contribution in [1.82, 2.24) is 10.6 Å². The van der Waals surface area contributed by atoms with Crippen LogP contribution in [0.25, 0.3) is 0 Å². The summed E-state index contributed by atoms with van der Waals surface area (Å²) < 4.78 is 9.70. The predicted molar refractivity (Wildman–Crippen MR) is 105 cm³/mol. The van der Waals surface area contributed by atoms with Crippen LogP contribution < -0.4 is 10.6 Å². The predicted octanol–water partition coefficient (Wildman–Crippen LogP) is 2.20. The third kappa shape index (κ3) is 6.70. The van der Waals surface area contributed by atoms with Crippen LogP contribution in [0.5, 0.6) is 0 Å². The summed E-state index contributed by atoms with van der Waals surface area (Å²) in [5, 5.41) is 4.88. The highest BCUT2D eigenvalue weighted by atomic mass is 35.5. The van der Waals surface area contributed by atoms with Crippen LogP contribution in [-0.4, -0.2) is 50.6 Å². The van der Waals surface area contributed by atoms with Gasteiger partial charge in [0, 0.05) is 29.8 Å². The van der Waals surface area contributed by atoms with E-state index in [2.05, 4.69) is 5.32 Å². The number of ketones is 1. The van der Waals surface area contributed by atoms with Crippen molar-refractivity contribution in [3.8, 4) is 0 Å². The van der Waals surface area contributed by atoms with Gasteiger partial charge < -0.3 is 14.8 Å². The van der Waals surface area contributed by atoms with E-state index in [1.807, 2.05) is 5.32 Å². The Morgan fingerprint density at radius 2 is 1.62 bits per heavy atom. The zero-order valence-corrected chi connectivity index (χ0v) is 16.3. The second-order valence-electron chi connectivity index (χ2n) is 5.75. The molecular weight excluding hydrogens is 400 g/mol. The molecule has 29 heavy (non-hydrogen) atoms. The highest BCUT2D eigenvalue weighted by molar-refractivity contribution is 6.30. The molecule has 0 saturated heterocycles. The largest absolute Gasteiger partial charge is 0.452 e. The summed E-state index contributed by atoms with van der Waals surface area (Å²) >= 11 is 5.83. The van der Waals surface area contributed by atoms with Crippen molar-refractivity contribution in [2.24, 2.45) is 0 Å². The van der Waals surface area contributed by atoms with E-state index in [1.165, 1.54) is 19.2 Å². The van der Waals surface area contributed by atoms with Gasteiger partial charge in [0.2, 0.25) is 0 Å². The normalized spacial score (nSPS) is 10.1. The number of rotatable bonds is 8. The van der Waals surface area contributed by atoms with Gasteiger partial charge in [-0.05, 0) is 30.3 Å². The summed E-state index contributed by atoms with van der Waals surface area (Å²) in [4.78, 5) is 48.3. The molecule has 0 aliphatic carbocycles. The summed E-state index contributed by atoms with van der Waals surface area (Å²) in [5.74, 6) is -2.07. The molecule has 0 radical (unpaired) electrons. The number of urea groups is 1. The molecule has 0 heterocycles. The van der Waals surface area contributed by atoms with Crippen molar-refractivity contribution in [2.75, 3.05) is 26.9 Å². The maximum atomic E-state index is 12.7. The van der Waals surface area contributed by atoms with E-state index in [4.69, 9.17) is 21.1 Å². The fourth-order valence-corrected chi connectivity index (χ4v) is 2.42. The second-order valence-corrected chi connectivity index (χ2v) is 6.19. The third-order valence-corrected chi connectivity index (χ3v) is 3.93. The first-order valence-corrected chi connectivity index (χ1v) is 8.93. The minimum Gasteiger partial charge on any atom is -0.452 e. The van der Waals surface area contributed by atoms with Gasteiger partial charge in [-0.1, -0.05) is 29.8 Å². The van der Waals surface area contributed by atoms with Crippen LogP contribution in [0.3, 0.4) is 0 Å². The Kier molecular flexibility index (Phi) is 8.32. The molecule has 152 valence electrons. The van der Waals surface area contributed by atoms with Gasteiger partial charge in [0.1, 0.15) is 0 Å². The molecule has 0 saturated carbocycles. The van der Waals surface area contributed by atoms with Crippen molar-refractivity contribution in [3.63, 3.8) is 0 Å². The fourth-order valence-electron chi connectivity index (χ4n) is 2.30. The van der Waals surface area contributed by atoms with E-state index < -0.39 is 30.3 Å². The molecular formula is C20H19ClN2O6. The molecule has 0 bridgehead atoms. The highest BCUT2D eigenvalue weighted by Crippen LogP contribution is 2.17. The SMILES string of the molecule is COCCNC(=O)NC(=O)COC(=O)c1ccccc1C(=O)c1ccc(Cl)cc1. The first-order chi connectivity index (χ1) is 13.9. The molecule has 3 amide bonds.